The normalized spacial score (nSPS) is 18.5. The topological polar surface area (TPSA) is 12.0 Å². The fourth-order valence-electron chi connectivity index (χ4n) is 1.70. The van der Waals surface area contributed by atoms with E-state index in [9.17, 15) is 13.2 Å². The van der Waals surface area contributed by atoms with Crippen molar-refractivity contribution in [3.63, 3.8) is 0 Å². The molecule has 0 unspecified atom stereocenters. The molecule has 0 spiro atoms. The lowest BCUT2D eigenvalue weighted by Crippen LogP contribution is -2.44. The molecule has 1 N–H and O–H groups in total. The predicted octanol–water partition coefficient (Wildman–Crippen LogP) is 3.38. The van der Waals surface area contributed by atoms with Crippen LogP contribution < -0.4 is 5.32 Å². The molecule has 1 saturated carbocycles. The highest BCUT2D eigenvalue weighted by molar-refractivity contribution is 5.48. The summed E-state index contributed by atoms with van der Waals surface area (Å²) >= 11 is 0. The van der Waals surface area contributed by atoms with Crippen molar-refractivity contribution in [1.82, 2.24) is 5.32 Å². The van der Waals surface area contributed by atoms with Crippen molar-refractivity contribution in [1.29, 1.82) is 0 Å². The maximum atomic E-state index is 12.6. The Morgan fingerprint density at radius 2 is 1.82 bits per heavy atom. The first kappa shape index (κ1) is 12.2. The van der Waals surface area contributed by atoms with Gasteiger partial charge in [-0.15, -0.1) is 0 Å². The molecule has 17 heavy (non-hydrogen) atoms. The van der Waals surface area contributed by atoms with Crippen molar-refractivity contribution in [2.75, 3.05) is 6.54 Å². The lowest BCUT2D eigenvalue weighted by Gasteiger charge is -2.19. The van der Waals surface area contributed by atoms with Gasteiger partial charge in [0.05, 0.1) is 0 Å². The highest BCUT2D eigenvalue weighted by atomic mass is 19.4. The third-order valence-electron chi connectivity index (χ3n) is 2.96. The van der Waals surface area contributed by atoms with E-state index in [-0.39, 0.29) is 19.4 Å². The molecule has 0 radical (unpaired) electrons. The second-order valence-corrected chi connectivity index (χ2v) is 4.27. The van der Waals surface area contributed by atoms with Crippen molar-refractivity contribution in [2.45, 2.75) is 24.6 Å². The summed E-state index contributed by atoms with van der Waals surface area (Å²) in [4.78, 5) is 0. The number of benzene rings is 1. The van der Waals surface area contributed by atoms with Crippen LogP contribution in [0.2, 0.25) is 0 Å². The molecule has 0 amide bonds. The van der Waals surface area contributed by atoms with Gasteiger partial charge in [0.15, 0.2) is 0 Å². The highest BCUT2D eigenvalue weighted by Gasteiger charge is 2.62. The van der Waals surface area contributed by atoms with Gasteiger partial charge in [-0.2, -0.15) is 13.2 Å². The molecule has 1 aliphatic carbocycles. The molecule has 0 bridgehead atoms. The molecule has 0 saturated heterocycles. The average Bonchev–Trinajstić information content (AvgIpc) is 3.06. The SMILES string of the molecule is FC(F)(F)C1(NC/C=C/c2ccccc2)CC1. The molecular weight excluding hydrogens is 227 g/mol. The number of alkyl halides is 3. The van der Waals surface area contributed by atoms with Crippen molar-refractivity contribution >= 4 is 6.08 Å². The maximum absolute atomic E-state index is 12.6. The number of hydrogen-bond donors (Lipinski definition) is 1. The second kappa shape index (κ2) is 4.53. The third kappa shape index (κ3) is 2.88. The van der Waals surface area contributed by atoms with Crippen LogP contribution >= 0.6 is 0 Å². The minimum Gasteiger partial charge on any atom is -0.300 e. The second-order valence-electron chi connectivity index (χ2n) is 4.27. The zero-order chi connectivity index (χ0) is 12.4. The summed E-state index contributed by atoms with van der Waals surface area (Å²) in [5.74, 6) is 0. The fraction of sp³-hybridized carbons (Fsp3) is 0.385. The van der Waals surface area contributed by atoms with Gasteiger partial charge in [-0.05, 0) is 18.4 Å². The van der Waals surface area contributed by atoms with Crippen LogP contribution in [0.25, 0.3) is 6.08 Å². The maximum Gasteiger partial charge on any atom is 0.406 e. The fourth-order valence-corrected chi connectivity index (χ4v) is 1.70. The molecule has 0 atom stereocenters. The first-order valence-corrected chi connectivity index (χ1v) is 5.57. The van der Waals surface area contributed by atoms with Crippen LogP contribution in [-0.2, 0) is 0 Å². The zero-order valence-electron chi connectivity index (χ0n) is 9.30. The molecular formula is C13H14F3N. The van der Waals surface area contributed by atoms with Gasteiger partial charge in [0.25, 0.3) is 0 Å². The van der Waals surface area contributed by atoms with Gasteiger partial charge >= 0.3 is 6.18 Å². The molecule has 0 aliphatic heterocycles. The van der Waals surface area contributed by atoms with Crippen LogP contribution in [0.3, 0.4) is 0 Å². The molecule has 2 rings (SSSR count). The highest BCUT2D eigenvalue weighted by Crippen LogP contribution is 2.48. The van der Waals surface area contributed by atoms with E-state index in [2.05, 4.69) is 5.32 Å². The van der Waals surface area contributed by atoms with E-state index < -0.39 is 11.7 Å². The Morgan fingerprint density at radius 3 is 2.35 bits per heavy atom. The first-order chi connectivity index (χ1) is 8.04. The Hall–Kier alpha value is -1.29. The van der Waals surface area contributed by atoms with E-state index in [0.717, 1.165) is 5.56 Å². The van der Waals surface area contributed by atoms with Gasteiger partial charge in [0.2, 0.25) is 0 Å². The van der Waals surface area contributed by atoms with Crippen molar-refractivity contribution in [3.05, 3.63) is 42.0 Å². The summed E-state index contributed by atoms with van der Waals surface area (Å²) in [5.41, 5.74) is -0.625. The molecule has 92 valence electrons. The number of nitrogens with one attached hydrogen (secondary N) is 1. The van der Waals surface area contributed by atoms with Gasteiger partial charge in [0, 0.05) is 6.54 Å². The molecule has 0 heterocycles. The Kier molecular flexibility index (Phi) is 3.24. The lowest BCUT2D eigenvalue weighted by atomic mass is 10.2. The van der Waals surface area contributed by atoms with Crippen LogP contribution in [0.4, 0.5) is 13.2 Å². The minimum absolute atomic E-state index is 0.190. The largest absolute Gasteiger partial charge is 0.406 e. The van der Waals surface area contributed by atoms with Gasteiger partial charge in [0.1, 0.15) is 5.54 Å². The number of hydrogen-bond acceptors (Lipinski definition) is 1. The van der Waals surface area contributed by atoms with Crippen LogP contribution in [0.1, 0.15) is 18.4 Å². The lowest BCUT2D eigenvalue weighted by molar-refractivity contribution is -0.165. The van der Waals surface area contributed by atoms with Gasteiger partial charge < -0.3 is 5.32 Å². The van der Waals surface area contributed by atoms with Gasteiger partial charge in [-0.25, -0.2) is 0 Å². The summed E-state index contributed by atoms with van der Waals surface area (Å²) in [6.07, 6.45) is -0.209. The summed E-state index contributed by atoms with van der Waals surface area (Å²) in [5, 5.41) is 2.57. The monoisotopic (exact) mass is 241 g/mol. The molecule has 1 aromatic rings. The van der Waals surface area contributed by atoms with E-state index in [1.54, 1.807) is 6.08 Å². The van der Waals surface area contributed by atoms with E-state index in [1.165, 1.54) is 0 Å². The van der Waals surface area contributed by atoms with Crippen LogP contribution in [0.5, 0.6) is 0 Å². The Balaban J connectivity index is 1.83. The molecule has 1 aromatic carbocycles. The summed E-state index contributed by atoms with van der Waals surface area (Å²) in [6, 6.07) is 9.51. The molecule has 0 aromatic heterocycles. The van der Waals surface area contributed by atoms with Crippen LogP contribution in [0, 0.1) is 0 Å². The molecule has 1 aliphatic rings. The third-order valence-corrected chi connectivity index (χ3v) is 2.96. The van der Waals surface area contributed by atoms with Gasteiger partial charge in [-0.3, -0.25) is 0 Å². The predicted molar refractivity (Wildman–Crippen MR) is 61.5 cm³/mol. The summed E-state index contributed by atoms with van der Waals surface area (Å²) < 4.78 is 37.7. The quantitative estimate of drug-likeness (QED) is 0.852. The van der Waals surface area contributed by atoms with E-state index in [0.29, 0.717) is 0 Å². The van der Waals surface area contributed by atoms with Crippen molar-refractivity contribution in [2.24, 2.45) is 0 Å². The standard InChI is InChI=1S/C13H14F3N/c14-13(15,16)12(8-9-12)17-10-4-7-11-5-2-1-3-6-11/h1-7,17H,8-10H2/b7-4+. The van der Waals surface area contributed by atoms with Crippen LogP contribution in [0.15, 0.2) is 36.4 Å². The van der Waals surface area contributed by atoms with Crippen LogP contribution in [-0.4, -0.2) is 18.3 Å². The number of halogens is 3. The Bertz CT molecular complexity index is 391. The minimum atomic E-state index is -4.13. The number of rotatable bonds is 4. The average molecular weight is 241 g/mol. The summed E-state index contributed by atoms with van der Waals surface area (Å²) in [6.45, 7) is 0.244. The Morgan fingerprint density at radius 1 is 1.18 bits per heavy atom. The summed E-state index contributed by atoms with van der Waals surface area (Å²) in [7, 11) is 0. The van der Waals surface area contributed by atoms with E-state index in [1.807, 2.05) is 36.4 Å². The van der Waals surface area contributed by atoms with E-state index in [4.69, 9.17) is 0 Å². The van der Waals surface area contributed by atoms with Gasteiger partial charge in [-0.1, -0.05) is 42.5 Å². The zero-order valence-corrected chi connectivity index (χ0v) is 9.30. The van der Waals surface area contributed by atoms with E-state index >= 15 is 0 Å². The Labute approximate surface area is 98.3 Å². The molecule has 4 heteroatoms. The van der Waals surface area contributed by atoms with Crippen molar-refractivity contribution < 1.29 is 13.2 Å². The molecule has 1 nitrogen and oxygen atoms in total. The molecule has 1 fully saturated rings. The first-order valence-electron chi connectivity index (χ1n) is 5.57. The van der Waals surface area contributed by atoms with Crippen molar-refractivity contribution in [3.8, 4) is 0 Å². The smallest absolute Gasteiger partial charge is 0.300 e.